The first-order valence-corrected chi connectivity index (χ1v) is 13.4. The van der Waals surface area contributed by atoms with Crippen LogP contribution in [-0.2, 0) is 33.8 Å². The van der Waals surface area contributed by atoms with Crippen molar-refractivity contribution in [1.29, 1.82) is 0 Å². The molecule has 0 aliphatic carbocycles. The summed E-state index contributed by atoms with van der Waals surface area (Å²) in [4.78, 5) is 49.5. The van der Waals surface area contributed by atoms with Gasteiger partial charge in [0.1, 0.15) is 11.8 Å². The number of thioether (sulfide) groups is 1. The highest BCUT2D eigenvalue weighted by Crippen LogP contribution is 2.47. The van der Waals surface area contributed by atoms with Crippen LogP contribution in [0.4, 0.5) is 0 Å². The van der Waals surface area contributed by atoms with Gasteiger partial charge in [0, 0.05) is 42.0 Å². The summed E-state index contributed by atoms with van der Waals surface area (Å²) in [7, 11) is -4.78. The van der Waals surface area contributed by atoms with Crippen LogP contribution in [-0.4, -0.2) is 101 Å². The van der Waals surface area contributed by atoms with Gasteiger partial charge < -0.3 is 30.9 Å². The van der Waals surface area contributed by atoms with Gasteiger partial charge >= 0.3 is 16.4 Å². The molecule has 2 aliphatic heterocycles. The first-order valence-electron chi connectivity index (χ1n) is 11.0. The van der Waals surface area contributed by atoms with Crippen molar-refractivity contribution in [2.45, 2.75) is 51.9 Å². The molecule has 0 aromatic carbocycles. The summed E-state index contributed by atoms with van der Waals surface area (Å²) in [6.45, 7) is 4.07. The Hall–Kier alpha value is -2.24. The average Bonchev–Trinajstić information content (AvgIpc) is 3.09. The average molecular weight is 554 g/mol. The number of rotatable bonds is 14. The molecule has 6 N–H and O–H groups in total. The van der Waals surface area contributed by atoms with Crippen LogP contribution < -0.4 is 10.6 Å². The summed E-state index contributed by atoms with van der Waals surface area (Å²) in [5.41, 5.74) is -1.24. The minimum atomic E-state index is -4.78. The summed E-state index contributed by atoms with van der Waals surface area (Å²) in [5.74, 6) is -3.69. The van der Waals surface area contributed by atoms with Crippen LogP contribution in [0.25, 0.3) is 0 Å². The number of hydrogen-bond acceptors (Lipinski definition) is 10. The molecule has 4 atom stereocenters. The molecule has 0 unspecified atom stereocenters. The monoisotopic (exact) mass is 553 g/mol. The minimum absolute atomic E-state index is 0.0331. The van der Waals surface area contributed by atoms with Crippen LogP contribution in [0.5, 0.6) is 0 Å². The third kappa shape index (κ3) is 7.17. The fourth-order valence-electron chi connectivity index (χ4n) is 3.89. The topological polar surface area (TPSA) is 220 Å². The maximum Gasteiger partial charge on any atom is 0.397 e. The molecule has 1 fully saturated rings. The van der Waals surface area contributed by atoms with Gasteiger partial charge in [0.15, 0.2) is 0 Å². The predicted molar refractivity (Wildman–Crippen MR) is 125 cm³/mol. The standard InChI is InChI=1S/C20H31N3O11S2/c1-10(34-36(31,32)33)14-11-8-12(15(19(29)30)23(11)18(14)28)35-7-6-21-13(25)4-5-22-17(27)16(26)20(2,3)9-24/h10-11,14,16,24,26H,4-9H2,1-3H3,(H,21,25)(H,22,27)(H,29,30)(H,31,32,33)/t10-,11+,14-,16-/m0/s1. The highest BCUT2D eigenvalue weighted by Gasteiger charge is 2.57. The number of carboxylic acids is 1. The maximum absolute atomic E-state index is 12.5. The van der Waals surface area contributed by atoms with E-state index < -0.39 is 64.4 Å². The quantitative estimate of drug-likeness (QED) is 0.0818. The normalized spacial score (nSPS) is 21.5. The van der Waals surface area contributed by atoms with E-state index in [1.807, 2.05) is 0 Å². The molecule has 2 aliphatic rings. The fraction of sp³-hybridized carbons (Fsp3) is 0.700. The van der Waals surface area contributed by atoms with Crippen molar-refractivity contribution in [2.75, 3.05) is 25.4 Å². The van der Waals surface area contributed by atoms with E-state index in [0.717, 1.165) is 16.7 Å². The third-order valence-electron chi connectivity index (χ3n) is 5.90. The van der Waals surface area contributed by atoms with Gasteiger partial charge in [-0.05, 0) is 6.92 Å². The second kappa shape index (κ2) is 11.9. The van der Waals surface area contributed by atoms with Gasteiger partial charge in [-0.2, -0.15) is 8.42 Å². The first-order chi connectivity index (χ1) is 16.6. The second-order valence-corrected chi connectivity index (χ2v) is 11.3. The van der Waals surface area contributed by atoms with Crippen molar-refractivity contribution < 1.29 is 51.7 Å². The van der Waals surface area contributed by atoms with Crippen LogP contribution in [0.1, 0.15) is 33.6 Å². The number of fused-ring (bicyclic) bond motifs is 1. The molecule has 0 spiro atoms. The minimum Gasteiger partial charge on any atom is -0.477 e. The number of amides is 3. The molecule has 0 aromatic heterocycles. The number of aliphatic hydroxyl groups excluding tert-OH is 2. The van der Waals surface area contributed by atoms with Crippen LogP contribution in [0.3, 0.4) is 0 Å². The molecule has 0 saturated carbocycles. The van der Waals surface area contributed by atoms with E-state index >= 15 is 0 Å². The summed E-state index contributed by atoms with van der Waals surface area (Å²) in [6, 6.07) is -0.618. The Morgan fingerprint density at radius 1 is 1.25 bits per heavy atom. The number of β-lactam (4-membered cyclic amide) rings is 1. The molecule has 2 heterocycles. The van der Waals surface area contributed by atoms with Gasteiger partial charge in [0.25, 0.3) is 0 Å². The van der Waals surface area contributed by atoms with Gasteiger partial charge in [-0.1, -0.05) is 13.8 Å². The number of carbonyl (C=O) groups excluding carboxylic acids is 3. The maximum atomic E-state index is 12.5. The molecule has 1 saturated heterocycles. The molecular weight excluding hydrogens is 522 g/mol. The van der Waals surface area contributed by atoms with Gasteiger partial charge in [-0.15, -0.1) is 11.8 Å². The molecule has 0 aromatic rings. The number of aliphatic carboxylic acids is 1. The number of nitrogens with zero attached hydrogens (tertiary/aromatic N) is 1. The first kappa shape index (κ1) is 30.0. The highest BCUT2D eigenvalue weighted by atomic mass is 32.3. The Labute approximate surface area is 212 Å². The van der Waals surface area contributed by atoms with Gasteiger partial charge in [0.05, 0.1) is 24.7 Å². The van der Waals surface area contributed by atoms with Crippen LogP contribution >= 0.6 is 11.8 Å². The van der Waals surface area contributed by atoms with E-state index in [9.17, 15) is 42.9 Å². The predicted octanol–water partition coefficient (Wildman–Crippen LogP) is -1.54. The lowest BCUT2D eigenvalue weighted by atomic mass is 9.83. The van der Waals surface area contributed by atoms with Crippen molar-refractivity contribution in [3.63, 3.8) is 0 Å². The van der Waals surface area contributed by atoms with Gasteiger partial charge in [0.2, 0.25) is 17.7 Å². The Kier molecular flexibility index (Phi) is 9.89. The summed E-state index contributed by atoms with van der Waals surface area (Å²) in [6.07, 6.45) is -2.52. The number of nitrogens with one attached hydrogen (secondary N) is 2. The highest BCUT2D eigenvalue weighted by molar-refractivity contribution is 8.03. The molecule has 204 valence electrons. The Balaban J connectivity index is 1.80. The number of hydrogen-bond donors (Lipinski definition) is 6. The Morgan fingerprint density at radius 3 is 2.44 bits per heavy atom. The zero-order valence-corrected chi connectivity index (χ0v) is 21.6. The van der Waals surface area contributed by atoms with Crippen molar-refractivity contribution in [2.24, 2.45) is 11.3 Å². The lowest BCUT2D eigenvalue weighted by Gasteiger charge is -2.45. The van der Waals surface area contributed by atoms with E-state index in [-0.39, 0.29) is 43.3 Å². The van der Waals surface area contributed by atoms with Crippen molar-refractivity contribution in [3.8, 4) is 0 Å². The van der Waals surface area contributed by atoms with E-state index in [1.165, 1.54) is 20.8 Å². The summed E-state index contributed by atoms with van der Waals surface area (Å²) >= 11 is 1.13. The van der Waals surface area contributed by atoms with Gasteiger partial charge in [-0.3, -0.25) is 18.9 Å². The third-order valence-corrected chi connectivity index (χ3v) is 7.56. The van der Waals surface area contributed by atoms with Crippen LogP contribution in [0.15, 0.2) is 10.6 Å². The number of carbonyl (C=O) groups is 4. The van der Waals surface area contributed by atoms with Crippen molar-refractivity contribution in [1.82, 2.24) is 15.5 Å². The Morgan fingerprint density at radius 2 is 1.89 bits per heavy atom. The zero-order valence-electron chi connectivity index (χ0n) is 20.0. The number of carboxylic acid groups (broad SMARTS) is 1. The molecule has 2 rings (SSSR count). The smallest absolute Gasteiger partial charge is 0.397 e. The Bertz CT molecular complexity index is 1030. The van der Waals surface area contributed by atoms with Crippen LogP contribution in [0, 0.1) is 11.3 Å². The number of aliphatic hydroxyl groups is 2. The molecule has 0 bridgehead atoms. The SMILES string of the molecule is C[C@H](OS(=O)(=O)O)[C@@H]1C(=O)N2C(C(=O)O)=C(SCCNC(=O)CCNC(=O)[C@H](O)C(C)(C)CO)C[C@H]12. The molecule has 3 amide bonds. The zero-order chi connectivity index (χ0) is 27.4. The molecule has 0 radical (unpaired) electrons. The van der Waals surface area contributed by atoms with E-state index in [0.29, 0.717) is 4.91 Å². The van der Waals surface area contributed by atoms with Gasteiger partial charge in [-0.25, -0.2) is 8.98 Å². The van der Waals surface area contributed by atoms with Crippen molar-refractivity contribution in [3.05, 3.63) is 10.6 Å². The summed E-state index contributed by atoms with van der Waals surface area (Å²) < 4.78 is 35.2. The molecular formula is C20H31N3O11S2. The fourth-order valence-corrected chi connectivity index (χ4v) is 5.45. The molecule has 16 heteroatoms. The summed E-state index contributed by atoms with van der Waals surface area (Å²) in [5, 5.41) is 33.7. The van der Waals surface area contributed by atoms with Crippen LogP contribution in [0.2, 0.25) is 0 Å². The lowest BCUT2D eigenvalue weighted by molar-refractivity contribution is -0.160. The van der Waals surface area contributed by atoms with E-state index in [1.54, 1.807) is 0 Å². The van der Waals surface area contributed by atoms with E-state index in [2.05, 4.69) is 14.8 Å². The largest absolute Gasteiger partial charge is 0.477 e. The van der Waals surface area contributed by atoms with Crippen molar-refractivity contribution >= 4 is 45.9 Å². The lowest BCUT2D eigenvalue weighted by Crippen LogP contribution is -2.62. The second-order valence-electron chi connectivity index (χ2n) is 9.10. The molecule has 36 heavy (non-hydrogen) atoms. The van der Waals surface area contributed by atoms with E-state index in [4.69, 9.17) is 4.55 Å². The molecule has 14 nitrogen and oxygen atoms in total.